The first-order valence-corrected chi connectivity index (χ1v) is 13.0. The fraction of sp³-hybridized carbons (Fsp3) is 0.458. The zero-order valence-corrected chi connectivity index (χ0v) is 21.0. The van der Waals surface area contributed by atoms with Crippen LogP contribution in [0, 0.1) is 0 Å². The highest BCUT2D eigenvalue weighted by Crippen LogP contribution is 2.39. The van der Waals surface area contributed by atoms with Gasteiger partial charge in [0.25, 0.3) is 5.91 Å². The summed E-state index contributed by atoms with van der Waals surface area (Å²) in [6.07, 6.45) is 1.89. The standard InChI is InChI=1S/C24H28BrN5OS/c1-3-20-26-22(21-18-8-9-28(4-2)15-19(18)32-23(21)27-20)29-10-12-30(13-11-29)24(31)16-6-5-7-17(25)14-16/h5-7,14H,3-4,8-13,15H2,1-2H3. The zero-order valence-electron chi connectivity index (χ0n) is 18.6. The minimum Gasteiger partial charge on any atom is -0.352 e. The largest absolute Gasteiger partial charge is 0.352 e. The minimum absolute atomic E-state index is 0.0978. The van der Waals surface area contributed by atoms with Crippen LogP contribution in [0.4, 0.5) is 5.82 Å². The molecule has 6 nitrogen and oxygen atoms in total. The van der Waals surface area contributed by atoms with E-state index < -0.39 is 0 Å². The second-order valence-electron chi connectivity index (χ2n) is 8.41. The van der Waals surface area contributed by atoms with Crippen LogP contribution < -0.4 is 4.90 Å². The SMILES string of the molecule is CCc1nc(N2CCN(C(=O)c3cccc(Br)c3)CC2)c2c3c(sc2n1)CN(CC)CC3. The van der Waals surface area contributed by atoms with Gasteiger partial charge in [-0.3, -0.25) is 9.69 Å². The van der Waals surface area contributed by atoms with E-state index in [2.05, 4.69) is 39.6 Å². The molecule has 0 N–H and O–H groups in total. The van der Waals surface area contributed by atoms with Gasteiger partial charge in [-0.1, -0.05) is 35.8 Å². The van der Waals surface area contributed by atoms with E-state index in [1.54, 1.807) is 0 Å². The minimum atomic E-state index is 0.0978. The quantitative estimate of drug-likeness (QED) is 0.518. The molecule has 2 aromatic heterocycles. The molecule has 0 unspecified atom stereocenters. The Morgan fingerprint density at radius 1 is 1.12 bits per heavy atom. The number of anilines is 1. The van der Waals surface area contributed by atoms with Crippen molar-refractivity contribution in [3.8, 4) is 0 Å². The number of piperazine rings is 1. The van der Waals surface area contributed by atoms with Gasteiger partial charge in [-0.2, -0.15) is 0 Å². The maximum absolute atomic E-state index is 13.0. The summed E-state index contributed by atoms with van der Waals surface area (Å²) >= 11 is 5.31. The Hall–Kier alpha value is -2.03. The Labute approximate surface area is 201 Å². The number of aryl methyl sites for hydroxylation is 1. The van der Waals surface area contributed by atoms with Gasteiger partial charge in [0, 0.05) is 60.6 Å². The van der Waals surface area contributed by atoms with Crippen molar-refractivity contribution in [2.75, 3.05) is 44.2 Å². The Kier molecular flexibility index (Phi) is 6.18. The highest BCUT2D eigenvalue weighted by Gasteiger charge is 2.28. The number of aromatic nitrogens is 2. The summed E-state index contributed by atoms with van der Waals surface area (Å²) in [7, 11) is 0. The number of benzene rings is 1. The molecule has 1 aromatic carbocycles. The number of carbonyl (C=O) groups is 1. The maximum atomic E-state index is 13.0. The van der Waals surface area contributed by atoms with Gasteiger partial charge < -0.3 is 9.80 Å². The number of fused-ring (bicyclic) bond motifs is 3. The van der Waals surface area contributed by atoms with Crippen LogP contribution in [-0.2, 0) is 19.4 Å². The number of hydrogen-bond donors (Lipinski definition) is 0. The van der Waals surface area contributed by atoms with Gasteiger partial charge >= 0.3 is 0 Å². The third kappa shape index (κ3) is 4.04. The molecule has 1 amide bonds. The van der Waals surface area contributed by atoms with Crippen molar-refractivity contribution in [2.24, 2.45) is 0 Å². The molecule has 2 aliphatic heterocycles. The van der Waals surface area contributed by atoms with Crippen LogP contribution in [-0.4, -0.2) is 64.9 Å². The van der Waals surface area contributed by atoms with E-state index in [9.17, 15) is 4.79 Å². The molecular weight excluding hydrogens is 486 g/mol. The number of thiophene rings is 1. The molecule has 4 heterocycles. The monoisotopic (exact) mass is 513 g/mol. The molecule has 8 heteroatoms. The Bertz CT molecular complexity index is 1150. The summed E-state index contributed by atoms with van der Waals surface area (Å²) in [5.41, 5.74) is 2.18. The van der Waals surface area contributed by atoms with Crippen LogP contribution in [0.5, 0.6) is 0 Å². The van der Waals surface area contributed by atoms with Crippen molar-refractivity contribution >= 4 is 49.2 Å². The van der Waals surface area contributed by atoms with Gasteiger partial charge in [-0.25, -0.2) is 9.97 Å². The lowest BCUT2D eigenvalue weighted by Crippen LogP contribution is -2.49. The zero-order chi connectivity index (χ0) is 22.2. The summed E-state index contributed by atoms with van der Waals surface area (Å²) in [6.45, 7) is 10.5. The molecule has 0 bridgehead atoms. The lowest BCUT2D eigenvalue weighted by atomic mass is 10.0. The fourth-order valence-electron chi connectivity index (χ4n) is 4.65. The predicted molar refractivity (Wildman–Crippen MR) is 134 cm³/mol. The second kappa shape index (κ2) is 9.08. The molecule has 0 radical (unpaired) electrons. The third-order valence-electron chi connectivity index (χ3n) is 6.51. The van der Waals surface area contributed by atoms with Crippen molar-refractivity contribution in [3.63, 3.8) is 0 Å². The molecule has 168 valence electrons. The second-order valence-corrected chi connectivity index (χ2v) is 10.4. The van der Waals surface area contributed by atoms with E-state index in [-0.39, 0.29) is 5.91 Å². The van der Waals surface area contributed by atoms with E-state index in [0.29, 0.717) is 13.1 Å². The van der Waals surface area contributed by atoms with E-state index in [1.165, 1.54) is 15.8 Å². The number of likely N-dealkylation sites (N-methyl/N-ethyl adjacent to an activating group) is 1. The van der Waals surface area contributed by atoms with Crippen LogP contribution in [0.15, 0.2) is 28.7 Å². The van der Waals surface area contributed by atoms with Gasteiger partial charge in [0.1, 0.15) is 16.5 Å². The number of carbonyl (C=O) groups excluding carboxylic acids is 1. The average molecular weight is 514 g/mol. The lowest BCUT2D eigenvalue weighted by molar-refractivity contribution is 0.0746. The number of amides is 1. The highest BCUT2D eigenvalue weighted by molar-refractivity contribution is 9.10. The number of nitrogens with zero attached hydrogens (tertiary/aromatic N) is 5. The lowest BCUT2D eigenvalue weighted by Gasteiger charge is -2.36. The first-order chi connectivity index (χ1) is 15.6. The third-order valence-corrected chi connectivity index (χ3v) is 8.11. The summed E-state index contributed by atoms with van der Waals surface area (Å²) in [4.78, 5) is 32.3. The molecule has 2 aliphatic rings. The van der Waals surface area contributed by atoms with Gasteiger partial charge in [0.05, 0.1) is 5.39 Å². The van der Waals surface area contributed by atoms with Crippen LogP contribution >= 0.6 is 27.3 Å². The summed E-state index contributed by atoms with van der Waals surface area (Å²) < 4.78 is 0.932. The van der Waals surface area contributed by atoms with Crippen molar-refractivity contribution < 1.29 is 4.79 Å². The molecule has 0 spiro atoms. The molecule has 3 aromatic rings. The molecule has 0 aliphatic carbocycles. The highest BCUT2D eigenvalue weighted by atomic mass is 79.9. The van der Waals surface area contributed by atoms with Crippen LogP contribution in [0.25, 0.3) is 10.2 Å². The molecule has 32 heavy (non-hydrogen) atoms. The van der Waals surface area contributed by atoms with Gasteiger partial charge in [-0.15, -0.1) is 11.3 Å². The normalized spacial score (nSPS) is 17.1. The summed E-state index contributed by atoms with van der Waals surface area (Å²) in [5.74, 6) is 2.08. The van der Waals surface area contributed by atoms with E-state index in [1.807, 2.05) is 40.5 Å². The summed E-state index contributed by atoms with van der Waals surface area (Å²) in [5, 5.41) is 1.25. The van der Waals surface area contributed by atoms with Crippen LogP contribution in [0.2, 0.25) is 0 Å². The molecule has 0 saturated carbocycles. The van der Waals surface area contributed by atoms with Crippen molar-refractivity contribution in [1.82, 2.24) is 19.8 Å². The van der Waals surface area contributed by atoms with Crippen molar-refractivity contribution in [3.05, 3.63) is 50.6 Å². The smallest absolute Gasteiger partial charge is 0.254 e. The van der Waals surface area contributed by atoms with Crippen molar-refractivity contribution in [1.29, 1.82) is 0 Å². The van der Waals surface area contributed by atoms with Crippen LogP contribution in [0.3, 0.4) is 0 Å². The maximum Gasteiger partial charge on any atom is 0.254 e. The Morgan fingerprint density at radius 2 is 1.94 bits per heavy atom. The fourth-order valence-corrected chi connectivity index (χ4v) is 6.33. The van der Waals surface area contributed by atoms with Gasteiger partial charge in [0.15, 0.2) is 0 Å². The van der Waals surface area contributed by atoms with E-state index in [4.69, 9.17) is 9.97 Å². The van der Waals surface area contributed by atoms with E-state index >= 15 is 0 Å². The number of hydrogen-bond acceptors (Lipinski definition) is 6. The predicted octanol–water partition coefficient (Wildman–Crippen LogP) is 4.36. The number of halogens is 1. The average Bonchev–Trinajstić information content (AvgIpc) is 3.20. The molecule has 5 rings (SSSR count). The Balaban J connectivity index is 1.41. The summed E-state index contributed by atoms with van der Waals surface area (Å²) in [6, 6.07) is 7.64. The van der Waals surface area contributed by atoms with Crippen LogP contribution in [0.1, 0.15) is 40.5 Å². The van der Waals surface area contributed by atoms with Gasteiger partial charge in [-0.05, 0) is 36.7 Å². The van der Waals surface area contributed by atoms with Gasteiger partial charge in [0.2, 0.25) is 0 Å². The molecule has 1 fully saturated rings. The molecule has 0 atom stereocenters. The first-order valence-electron chi connectivity index (χ1n) is 11.4. The molecular formula is C24H28BrN5OS. The molecule has 1 saturated heterocycles. The van der Waals surface area contributed by atoms with Crippen molar-refractivity contribution in [2.45, 2.75) is 33.2 Å². The number of rotatable bonds is 4. The topological polar surface area (TPSA) is 52.6 Å². The Morgan fingerprint density at radius 3 is 2.66 bits per heavy atom. The van der Waals surface area contributed by atoms with E-state index in [0.717, 1.165) is 72.1 Å². The first kappa shape index (κ1) is 21.8.